The highest BCUT2D eigenvalue weighted by Crippen LogP contribution is 2.45. The number of nitrogens with zero attached hydrogens (tertiary/aromatic N) is 1. The Balaban J connectivity index is 1.55. The number of nitriles is 1. The van der Waals surface area contributed by atoms with E-state index in [0.717, 1.165) is 49.4 Å². The van der Waals surface area contributed by atoms with Crippen LogP contribution in [0.25, 0.3) is 0 Å². The molecule has 2 saturated carbocycles. The Labute approximate surface area is 163 Å². The average molecular weight is 374 g/mol. The molecule has 2 aliphatic rings. The fraction of sp³-hybridized carbons (Fsp3) is 0.708. The van der Waals surface area contributed by atoms with Gasteiger partial charge in [0.15, 0.2) is 11.6 Å². The van der Waals surface area contributed by atoms with Crippen molar-refractivity contribution in [3.63, 3.8) is 0 Å². The van der Waals surface area contributed by atoms with Crippen LogP contribution >= 0.6 is 0 Å². The van der Waals surface area contributed by atoms with Gasteiger partial charge >= 0.3 is 0 Å². The van der Waals surface area contributed by atoms with E-state index in [9.17, 15) is 8.78 Å². The molecule has 2 aliphatic carbocycles. The lowest BCUT2D eigenvalue weighted by Crippen LogP contribution is -2.28. The molecule has 2 fully saturated rings. The first-order valence-corrected chi connectivity index (χ1v) is 10.9. The van der Waals surface area contributed by atoms with Crippen molar-refractivity contribution in [1.29, 1.82) is 5.26 Å². The van der Waals surface area contributed by atoms with Gasteiger partial charge in [-0.15, -0.1) is 0 Å². The van der Waals surface area contributed by atoms with Crippen LogP contribution in [0.3, 0.4) is 0 Å². The maximum absolute atomic E-state index is 14.4. The molecule has 0 aromatic heterocycles. The lowest BCUT2D eigenvalue weighted by atomic mass is 9.66. The average Bonchev–Trinajstić information content (AvgIpc) is 2.70. The predicted octanol–water partition coefficient (Wildman–Crippen LogP) is 7.35. The second-order valence-corrected chi connectivity index (χ2v) is 8.98. The van der Waals surface area contributed by atoms with Crippen molar-refractivity contribution in [2.45, 2.75) is 84.0 Å². The summed E-state index contributed by atoms with van der Waals surface area (Å²) in [5.74, 6) is 1.58. The second kappa shape index (κ2) is 9.18. The zero-order chi connectivity index (χ0) is 19.4. The first-order chi connectivity index (χ1) is 13.0. The SMILES string of the molecule is CCCC1CCC(C(C)C2CCC(c3ccc(C#N)c(F)c3F)CC2)CC1. The maximum Gasteiger partial charge on any atom is 0.176 e. The number of hydrogen-bond acceptors (Lipinski definition) is 1. The fourth-order valence-corrected chi connectivity index (χ4v) is 5.72. The van der Waals surface area contributed by atoms with Crippen LogP contribution in [0.1, 0.15) is 95.1 Å². The molecule has 0 amide bonds. The molecular weight excluding hydrogens is 340 g/mol. The summed E-state index contributed by atoms with van der Waals surface area (Å²) in [6.07, 6.45) is 12.3. The Morgan fingerprint density at radius 1 is 0.963 bits per heavy atom. The molecule has 1 aromatic carbocycles. The van der Waals surface area contributed by atoms with Gasteiger partial charge in [-0.3, -0.25) is 0 Å². The van der Waals surface area contributed by atoms with Gasteiger partial charge in [0.25, 0.3) is 0 Å². The van der Waals surface area contributed by atoms with Crippen LogP contribution in [0.15, 0.2) is 12.1 Å². The van der Waals surface area contributed by atoms with Gasteiger partial charge in [0.05, 0.1) is 5.56 Å². The molecule has 0 N–H and O–H groups in total. The quantitative estimate of drug-likeness (QED) is 0.529. The van der Waals surface area contributed by atoms with Crippen molar-refractivity contribution in [3.8, 4) is 6.07 Å². The molecule has 0 bridgehead atoms. The molecule has 0 saturated heterocycles. The van der Waals surface area contributed by atoms with Crippen LogP contribution in [0.5, 0.6) is 0 Å². The molecule has 27 heavy (non-hydrogen) atoms. The molecule has 3 rings (SSSR count). The summed E-state index contributed by atoms with van der Waals surface area (Å²) >= 11 is 0. The molecule has 0 spiro atoms. The molecule has 1 unspecified atom stereocenters. The molecule has 1 aromatic rings. The first-order valence-electron chi connectivity index (χ1n) is 10.9. The molecule has 148 valence electrons. The van der Waals surface area contributed by atoms with Gasteiger partial charge in [-0.1, -0.05) is 45.6 Å². The van der Waals surface area contributed by atoms with Crippen LogP contribution in [0, 0.1) is 46.6 Å². The number of benzene rings is 1. The summed E-state index contributed by atoms with van der Waals surface area (Å²) in [7, 11) is 0. The van der Waals surface area contributed by atoms with Gasteiger partial charge in [-0.25, -0.2) is 8.78 Å². The number of rotatable bonds is 5. The normalized spacial score (nSPS) is 29.9. The van der Waals surface area contributed by atoms with Crippen LogP contribution in [-0.2, 0) is 0 Å². The van der Waals surface area contributed by atoms with Crippen molar-refractivity contribution in [3.05, 3.63) is 34.9 Å². The van der Waals surface area contributed by atoms with Crippen molar-refractivity contribution in [2.24, 2.45) is 23.7 Å². The van der Waals surface area contributed by atoms with Gasteiger partial charge in [0, 0.05) is 0 Å². The number of halogens is 2. The minimum atomic E-state index is -0.977. The van der Waals surface area contributed by atoms with Crippen molar-refractivity contribution in [1.82, 2.24) is 0 Å². The van der Waals surface area contributed by atoms with Crippen LogP contribution in [0.4, 0.5) is 8.78 Å². The molecule has 0 aliphatic heterocycles. The zero-order valence-electron chi connectivity index (χ0n) is 16.8. The van der Waals surface area contributed by atoms with E-state index in [-0.39, 0.29) is 11.5 Å². The summed E-state index contributed by atoms with van der Waals surface area (Å²) in [5, 5.41) is 8.85. The van der Waals surface area contributed by atoms with Crippen molar-refractivity contribution in [2.75, 3.05) is 0 Å². The maximum atomic E-state index is 14.4. The summed E-state index contributed by atoms with van der Waals surface area (Å²) in [4.78, 5) is 0. The van der Waals surface area contributed by atoms with Gasteiger partial charge < -0.3 is 0 Å². The molecule has 0 radical (unpaired) electrons. The van der Waals surface area contributed by atoms with E-state index in [1.54, 1.807) is 12.1 Å². The van der Waals surface area contributed by atoms with Gasteiger partial charge in [-0.2, -0.15) is 5.26 Å². The summed E-state index contributed by atoms with van der Waals surface area (Å²) in [6.45, 7) is 4.72. The summed E-state index contributed by atoms with van der Waals surface area (Å²) in [6, 6.07) is 4.77. The predicted molar refractivity (Wildman–Crippen MR) is 105 cm³/mol. The zero-order valence-corrected chi connectivity index (χ0v) is 16.8. The van der Waals surface area contributed by atoms with E-state index in [4.69, 9.17) is 5.26 Å². The summed E-state index contributed by atoms with van der Waals surface area (Å²) in [5.41, 5.74) is 0.273. The Morgan fingerprint density at radius 3 is 2.11 bits per heavy atom. The van der Waals surface area contributed by atoms with E-state index >= 15 is 0 Å². The van der Waals surface area contributed by atoms with Gasteiger partial charge in [0.2, 0.25) is 0 Å². The van der Waals surface area contributed by atoms with Crippen molar-refractivity contribution >= 4 is 0 Å². The highest BCUT2D eigenvalue weighted by molar-refractivity contribution is 5.36. The van der Waals surface area contributed by atoms with E-state index in [1.807, 2.05) is 0 Å². The van der Waals surface area contributed by atoms with Gasteiger partial charge in [-0.05, 0) is 79.7 Å². The van der Waals surface area contributed by atoms with Crippen LogP contribution in [-0.4, -0.2) is 0 Å². The lowest BCUT2D eigenvalue weighted by molar-refractivity contribution is 0.132. The van der Waals surface area contributed by atoms with E-state index in [2.05, 4.69) is 13.8 Å². The monoisotopic (exact) mass is 373 g/mol. The van der Waals surface area contributed by atoms with E-state index in [1.165, 1.54) is 44.6 Å². The van der Waals surface area contributed by atoms with E-state index in [0.29, 0.717) is 5.56 Å². The Bertz CT molecular complexity index is 662. The molecule has 3 heteroatoms. The fourth-order valence-electron chi connectivity index (χ4n) is 5.72. The Kier molecular flexibility index (Phi) is 6.90. The van der Waals surface area contributed by atoms with Crippen LogP contribution in [0.2, 0.25) is 0 Å². The third-order valence-electron chi connectivity index (χ3n) is 7.52. The first kappa shape index (κ1) is 20.3. The molecule has 0 heterocycles. The highest BCUT2D eigenvalue weighted by atomic mass is 19.2. The molecular formula is C24H33F2N. The lowest BCUT2D eigenvalue weighted by Gasteiger charge is -2.39. The largest absolute Gasteiger partial charge is 0.203 e. The standard InChI is InChI=1S/C24H33F2N/c1-3-4-17-5-7-18(8-6-17)16(2)19-9-11-20(12-10-19)22-14-13-21(15-27)23(25)24(22)26/h13-14,16-20H,3-12H2,1-2H3. The topological polar surface area (TPSA) is 23.8 Å². The van der Waals surface area contributed by atoms with Gasteiger partial charge in [0.1, 0.15) is 6.07 Å². The number of hydrogen-bond donors (Lipinski definition) is 0. The van der Waals surface area contributed by atoms with Crippen LogP contribution < -0.4 is 0 Å². The molecule has 1 atom stereocenters. The third kappa shape index (κ3) is 4.53. The summed E-state index contributed by atoms with van der Waals surface area (Å²) < 4.78 is 28.3. The Hall–Kier alpha value is -1.43. The van der Waals surface area contributed by atoms with E-state index < -0.39 is 11.6 Å². The highest BCUT2D eigenvalue weighted by Gasteiger charge is 2.33. The second-order valence-electron chi connectivity index (χ2n) is 8.98. The third-order valence-corrected chi connectivity index (χ3v) is 7.52. The minimum Gasteiger partial charge on any atom is -0.203 e. The minimum absolute atomic E-state index is 0.0935. The Morgan fingerprint density at radius 2 is 1.56 bits per heavy atom. The smallest absolute Gasteiger partial charge is 0.176 e. The van der Waals surface area contributed by atoms with Crippen molar-refractivity contribution < 1.29 is 8.78 Å². The molecule has 1 nitrogen and oxygen atoms in total.